The Balaban J connectivity index is 1.45. The normalized spacial score (nSPS) is 33.8. The van der Waals surface area contributed by atoms with Crippen LogP contribution in [0.2, 0.25) is 0 Å². The lowest BCUT2D eigenvalue weighted by Crippen LogP contribution is -2.47. The van der Waals surface area contributed by atoms with Gasteiger partial charge in [-0.2, -0.15) is 0 Å². The molecular formula is C27H32O4. The number of aryl methyl sites for hydroxylation is 1. The summed E-state index contributed by atoms with van der Waals surface area (Å²) in [7, 11) is 0. The Morgan fingerprint density at radius 1 is 1.16 bits per heavy atom. The Morgan fingerprint density at radius 2 is 1.97 bits per heavy atom. The van der Waals surface area contributed by atoms with E-state index in [2.05, 4.69) is 25.1 Å². The minimum atomic E-state index is -0.194. The summed E-state index contributed by atoms with van der Waals surface area (Å²) >= 11 is 0. The molecule has 0 saturated heterocycles. The lowest BCUT2D eigenvalue weighted by molar-refractivity contribution is -0.155. The van der Waals surface area contributed by atoms with Gasteiger partial charge in [-0.1, -0.05) is 43.3 Å². The number of phenols is 1. The molecule has 4 heteroatoms. The van der Waals surface area contributed by atoms with E-state index in [9.17, 15) is 9.90 Å². The summed E-state index contributed by atoms with van der Waals surface area (Å²) in [6, 6.07) is 16.2. The number of hydrogen-bond donors (Lipinski definition) is 1. The van der Waals surface area contributed by atoms with Crippen LogP contribution in [0, 0.1) is 17.3 Å². The van der Waals surface area contributed by atoms with Gasteiger partial charge in [0.15, 0.2) is 0 Å². The summed E-state index contributed by atoms with van der Waals surface area (Å²) in [5.74, 6) is 1.53. The fraction of sp³-hybridized carbons (Fsp3) is 0.519. The first kappa shape index (κ1) is 20.6. The summed E-state index contributed by atoms with van der Waals surface area (Å²) in [6.45, 7) is 4.43. The largest absolute Gasteiger partial charge is 0.508 e. The molecule has 31 heavy (non-hydrogen) atoms. The summed E-state index contributed by atoms with van der Waals surface area (Å²) in [4.78, 5) is 11.9. The van der Waals surface area contributed by atoms with Crippen molar-refractivity contribution in [3.63, 3.8) is 0 Å². The first-order valence-corrected chi connectivity index (χ1v) is 11.6. The van der Waals surface area contributed by atoms with Gasteiger partial charge in [-0.3, -0.25) is 4.79 Å². The molecule has 3 aliphatic rings. The maximum absolute atomic E-state index is 11.9. The number of hydrogen-bond acceptors (Lipinski definition) is 4. The first-order valence-electron chi connectivity index (χ1n) is 11.6. The van der Waals surface area contributed by atoms with E-state index in [0.29, 0.717) is 30.1 Å². The van der Waals surface area contributed by atoms with E-state index in [4.69, 9.17) is 9.47 Å². The molecule has 1 N–H and O–H groups in total. The molecule has 4 nitrogen and oxygen atoms in total. The second-order valence-corrected chi connectivity index (χ2v) is 9.93. The molecule has 3 aliphatic carbocycles. The van der Waals surface area contributed by atoms with Crippen molar-refractivity contribution in [1.82, 2.24) is 0 Å². The van der Waals surface area contributed by atoms with Gasteiger partial charge >= 0.3 is 5.97 Å². The molecular weight excluding hydrogens is 388 g/mol. The Morgan fingerprint density at radius 3 is 2.74 bits per heavy atom. The summed E-state index contributed by atoms with van der Waals surface area (Å²) in [5, 5.41) is 9.95. The number of phenolic OH excluding ortho intramolecular Hbond substituents is 1. The standard InChI is InChI=1S/C27H32O4/c1-17(28)31-25-15-24(30-16-18-6-4-3-5-7-18)26-23-10-8-19-14-20(29)9-11-21(19)22(23)12-13-27(25,26)2/h3-7,9,11,14,22-26,29H,8,10,12-13,15-16H2,1-2H3/t22-,23-,24?,25?,26-,27-/m1/s1. The second-order valence-electron chi connectivity index (χ2n) is 9.93. The third kappa shape index (κ3) is 3.65. The monoisotopic (exact) mass is 420 g/mol. The van der Waals surface area contributed by atoms with Crippen molar-refractivity contribution in [2.75, 3.05) is 0 Å². The Labute approximate surface area is 184 Å². The third-order valence-corrected chi connectivity index (χ3v) is 8.20. The van der Waals surface area contributed by atoms with Gasteiger partial charge < -0.3 is 14.6 Å². The molecule has 0 spiro atoms. The van der Waals surface area contributed by atoms with Crippen LogP contribution in [0.1, 0.15) is 62.1 Å². The van der Waals surface area contributed by atoms with Crippen LogP contribution < -0.4 is 0 Å². The van der Waals surface area contributed by atoms with E-state index in [1.54, 1.807) is 0 Å². The maximum Gasteiger partial charge on any atom is 0.302 e. The lowest BCUT2D eigenvalue weighted by atomic mass is 9.55. The predicted octanol–water partition coefficient (Wildman–Crippen LogP) is 5.38. The minimum absolute atomic E-state index is 0.0530. The van der Waals surface area contributed by atoms with Crippen molar-refractivity contribution in [1.29, 1.82) is 0 Å². The van der Waals surface area contributed by atoms with Gasteiger partial charge in [0.25, 0.3) is 0 Å². The zero-order valence-corrected chi connectivity index (χ0v) is 18.4. The molecule has 2 aromatic carbocycles. The van der Waals surface area contributed by atoms with Crippen molar-refractivity contribution in [2.45, 2.75) is 70.7 Å². The van der Waals surface area contributed by atoms with Gasteiger partial charge in [0.2, 0.25) is 0 Å². The zero-order chi connectivity index (χ0) is 21.6. The van der Waals surface area contributed by atoms with Crippen LogP contribution in [-0.2, 0) is 27.3 Å². The van der Waals surface area contributed by atoms with E-state index in [-0.39, 0.29) is 23.6 Å². The average Bonchev–Trinajstić information content (AvgIpc) is 3.03. The van der Waals surface area contributed by atoms with Crippen LogP contribution in [-0.4, -0.2) is 23.3 Å². The van der Waals surface area contributed by atoms with Gasteiger partial charge in [-0.05, 0) is 72.3 Å². The van der Waals surface area contributed by atoms with Crippen molar-refractivity contribution in [3.8, 4) is 5.75 Å². The molecule has 0 heterocycles. The Hall–Kier alpha value is -2.33. The highest BCUT2D eigenvalue weighted by Gasteiger charge is 2.60. The summed E-state index contributed by atoms with van der Waals surface area (Å²) < 4.78 is 12.4. The van der Waals surface area contributed by atoms with Crippen LogP contribution in [0.5, 0.6) is 5.75 Å². The number of carbonyl (C=O) groups is 1. The molecule has 2 aromatic rings. The molecule has 0 bridgehead atoms. The smallest absolute Gasteiger partial charge is 0.302 e. The number of benzene rings is 2. The lowest BCUT2D eigenvalue weighted by Gasteiger charge is -2.51. The van der Waals surface area contributed by atoms with E-state index in [1.165, 1.54) is 23.6 Å². The fourth-order valence-electron chi connectivity index (χ4n) is 6.88. The van der Waals surface area contributed by atoms with Crippen molar-refractivity contribution in [3.05, 3.63) is 65.2 Å². The van der Waals surface area contributed by atoms with Crippen LogP contribution in [0.25, 0.3) is 0 Å². The molecule has 6 atom stereocenters. The topological polar surface area (TPSA) is 55.8 Å². The summed E-state index contributed by atoms with van der Waals surface area (Å²) in [6.07, 6.45) is 4.99. The van der Waals surface area contributed by atoms with Crippen LogP contribution in [0.15, 0.2) is 48.5 Å². The third-order valence-electron chi connectivity index (χ3n) is 8.20. The Bertz CT molecular complexity index is 955. The minimum Gasteiger partial charge on any atom is -0.508 e. The fourth-order valence-corrected chi connectivity index (χ4v) is 6.88. The van der Waals surface area contributed by atoms with Crippen LogP contribution >= 0.6 is 0 Å². The number of rotatable bonds is 4. The highest BCUT2D eigenvalue weighted by molar-refractivity contribution is 5.66. The summed E-state index contributed by atoms with van der Waals surface area (Å²) in [5.41, 5.74) is 3.81. The molecule has 0 radical (unpaired) electrons. The van der Waals surface area contributed by atoms with Crippen LogP contribution in [0.3, 0.4) is 0 Å². The maximum atomic E-state index is 11.9. The predicted molar refractivity (Wildman–Crippen MR) is 119 cm³/mol. The number of carbonyl (C=O) groups excluding carboxylic acids is 1. The van der Waals surface area contributed by atoms with Crippen molar-refractivity contribution >= 4 is 5.97 Å². The van der Waals surface area contributed by atoms with Crippen molar-refractivity contribution in [2.24, 2.45) is 17.3 Å². The second kappa shape index (κ2) is 7.98. The molecule has 2 unspecified atom stereocenters. The van der Waals surface area contributed by atoms with E-state index in [0.717, 1.165) is 32.1 Å². The van der Waals surface area contributed by atoms with E-state index in [1.807, 2.05) is 30.3 Å². The van der Waals surface area contributed by atoms with E-state index < -0.39 is 0 Å². The molecule has 2 fully saturated rings. The molecule has 164 valence electrons. The van der Waals surface area contributed by atoms with Crippen LogP contribution in [0.4, 0.5) is 0 Å². The number of esters is 1. The molecule has 0 aliphatic heterocycles. The van der Waals surface area contributed by atoms with Gasteiger partial charge in [0.05, 0.1) is 12.7 Å². The zero-order valence-electron chi connectivity index (χ0n) is 18.4. The quantitative estimate of drug-likeness (QED) is 0.675. The molecule has 0 aromatic heterocycles. The highest BCUT2D eigenvalue weighted by atomic mass is 16.5. The van der Waals surface area contributed by atoms with Gasteiger partial charge in [0.1, 0.15) is 11.9 Å². The molecule has 2 saturated carbocycles. The van der Waals surface area contributed by atoms with Gasteiger partial charge in [-0.15, -0.1) is 0 Å². The SMILES string of the molecule is CC(=O)OC1CC(OCc2ccccc2)[C@H]2[C@@H]3CCc4cc(O)ccc4[C@H]3CC[C@]12C. The van der Waals surface area contributed by atoms with Gasteiger partial charge in [0, 0.05) is 18.8 Å². The number of aromatic hydroxyl groups is 1. The number of fused-ring (bicyclic) bond motifs is 5. The molecule has 0 amide bonds. The highest BCUT2D eigenvalue weighted by Crippen LogP contribution is 2.62. The number of ether oxygens (including phenoxy) is 2. The average molecular weight is 421 g/mol. The first-order chi connectivity index (χ1) is 15.0. The Kier molecular flexibility index (Phi) is 5.29. The van der Waals surface area contributed by atoms with E-state index >= 15 is 0 Å². The van der Waals surface area contributed by atoms with Crippen molar-refractivity contribution < 1.29 is 19.4 Å². The molecule has 5 rings (SSSR count). The van der Waals surface area contributed by atoms with Gasteiger partial charge in [-0.25, -0.2) is 0 Å².